The highest BCUT2D eigenvalue weighted by Gasteiger charge is 2.13. The van der Waals surface area contributed by atoms with Crippen LogP contribution in [0.2, 0.25) is 0 Å². The van der Waals surface area contributed by atoms with Crippen molar-refractivity contribution in [3.8, 4) is 22.8 Å². The first kappa shape index (κ1) is 17.3. The summed E-state index contributed by atoms with van der Waals surface area (Å²) >= 11 is 0. The minimum Gasteiger partial charge on any atom is -0.356 e. The lowest BCUT2D eigenvalue weighted by Gasteiger charge is -2.09. The number of nitrogens with zero attached hydrogens (tertiary/aromatic N) is 2. The minimum absolute atomic E-state index is 0.159. The van der Waals surface area contributed by atoms with Crippen LogP contribution in [0.1, 0.15) is 13.3 Å². The number of carbonyl (C=O) groups excluding carboxylic acids is 2. The second-order valence-corrected chi connectivity index (χ2v) is 5.70. The third-order valence-electron chi connectivity index (χ3n) is 3.70. The van der Waals surface area contributed by atoms with Crippen molar-refractivity contribution in [2.24, 2.45) is 0 Å². The number of anilines is 1. The lowest BCUT2D eigenvalue weighted by Crippen LogP contribution is -2.25. The van der Waals surface area contributed by atoms with Crippen molar-refractivity contribution in [1.29, 1.82) is 0 Å². The first-order valence-electron chi connectivity index (χ1n) is 8.25. The first-order valence-corrected chi connectivity index (χ1v) is 8.25. The maximum atomic E-state index is 12.1. The van der Waals surface area contributed by atoms with Crippen molar-refractivity contribution in [2.75, 3.05) is 11.9 Å². The molecule has 0 saturated heterocycles. The monoisotopic (exact) mass is 349 g/mol. The molecule has 0 aliphatic carbocycles. The Morgan fingerprint density at radius 3 is 2.54 bits per heavy atom. The molecule has 0 bridgehead atoms. The summed E-state index contributed by atoms with van der Waals surface area (Å²) in [6.07, 6.45) is 0.194. The van der Waals surface area contributed by atoms with Gasteiger partial charge in [-0.05, 0) is 12.1 Å². The van der Waals surface area contributed by atoms with Gasteiger partial charge in [-0.15, -0.1) is 0 Å². The van der Waals surface area contributed by atoms with Gasteiger partial charge in [0.1, 0.15) is 0 Å². The molecule has 0 aliphatic rings. The van der Waals surface area contributed by atoms with Crippen molar-refractivity contribution < 1.29 is 9.59 Å². The smallest absolute Gasteiger partial charge is 0.226 e. The number of para-hydroxylation sites is 1. The molecule has 0 fully saturated rings. The molecule has 7 heteroatoms. The number of aromatic amines is 1. The van der Waals surface area contributed by atoms with E-state index in [0.717, 1.165) is 11.1 Å². The van der Waals surface area contributed by atoms with E-state index in [2.05, 4.69) is 25.8 Å². The number of benzene rings is 2. The number of rotatable bonds is 6. The minimum atomic E-state index is -0.186. The van der Waals surface area contributed by atoms with Gasteiger partial charge in [-0.25, -0.2) is 4.98 Å². The van der Waals surface area contributed by atoms with Crippen LogP contribution in [0.5, 0.6) is 0 Å². The molecule has 7 nitrogen and oxygen atoms in total. The third-order valence-corrected chi connectivity index (χ3v) is 3.70. The average molecular weight is 349 g/mol. The Morgan fingerprint density at radius 1 is 1.04 bits per heavy atom. The van der Waals surface area contributed by atoms with Gasteiger partial charge in [0.2, 0.25) is 11.8 Å². The quantitative estimate of drug-likeness (QED) is 0.637. The lowest BCUT2D eigenvalue weighted by atomic mass is 10.1. The Bertz CT molecular complexity index is 905. The van der Waals surface area contributed by atoms with Gasteiger partial charge in [0.25, 0.3) is 0 Å². The molecule has 1 heterocycles. The molecule has 3 rings (SSSR count). The second-order valence-electron chi connectivity index (χ2n) is 5.70. The second kappa shape index (κ2) is 8.06. The lowest BCUT2D eigenvalue weighted by molar-refractivity contribution is -0.119. The number of hydrogen-bond donors (Lipinski definition) is 3. The van der Waals surface area contributed by atoms with Crippen molar-refractivity contribution >= 4 is 17.5 Å². The molecule has 0 radical (unpaired) electrons. The molecule has 26 heavy (non-hydrogen) atoms. The van der Waals surface area contributed by atoms with E-state index in [4.69, 9.17) is 0 Å². The van der Waals surface area contributed by atoms with Crippen LogP contribution in [0.3, 0.4) is 0 Å². The van der Waals surface area contributed by atoms with Crippen molar-refractivity contribution in [3.63, 3.8) is 0 Å². The van der Waals surface area contributed by atoms with E-state index in [0.29, 0.717) is 23.9 Å². The molecule has 3 N–H and O–H groups in total. The largest absolute Gasteiger partial charge is 0.356 e. The summed E-state index contributed by atoms with van der Waals surface area (Å²) in [5, 5.41) is 12.6. The zero-order valence-corrected chi connectivity index (χ0v) is 14.3. The Hall–Kier alpha value is -3.48. The Labute approximate surface area is 150 Å². The Balaban J connectivity index is 1.76. The van der Waals surface area contributed by atoms with Crippen LogP contribution < -0.4 is 10.6 Å². The number of nitrogens with one attached hydrogen (secondary N) is 3. The standard InChI is InChI=1S/C19H19N5O2/c1-13(25)20-12-11-17(26)21-16-10-6-5-9-15(16)19-22-18(23-24-19)14-7-3-2-4-8-14/h2-10H,11-12H2,1H3,(H,20,25)(H,21,26)(H,22,23,24). The maximum Gasteiger partial charge on any atom is 0.226 e. The first-order chi connectivity index (χ1) is 12.6. The van der Waals surface area contributed by atoms with Gasteiger partial charge < -0.3 is 10.6 Å². The Kier molecular flexibility index (Phi) is 5.38. The molecule has 0 aliphatic heterocycles. The highest BCUT2D eigenvalue weighted by molar-refractivity contribution is 5.95. The topological polar surface area (TPSA) is 99.8 Å². The summed E-state index contributed by atoms with van der Waals surface area (Å²) in [4.78, 5) is 27.5. The summed E-state index contributed by atoms with van der Waals surface area (Å²) in [5.41, 5.74) is 2.29. The highest BCUT2D eigenvalue weighted by atomic mass is 16.2. The van der Waals surface area contributed by atoms with Crippen molar-refractivity contribution in [1.82, 2.24) is 20.5 Å². The fraction of sp³-hybridized carbons (Fsp3) is 0.158. The molecule has 132 valence electrons. The zero-order valence-electron chi connectivity index (χ0n) is 14.3. The summed E-state index contributed by atoms with van der Waals surface area (Å²) in [6, 6.07) is 17.0. The molecule has 2 amide bonds. The summed E-state index contributed by atoms with van der Waals surface area (Å²) in [6.45, 7) is 1.71. The normalized spacial score (nSPS) is 10.3. The zero-order chi connectivity index (χ0) is 18.4. The molecule has 0 atom stereocenters. The van der Waals surface area contributed by atoms with Gasteiger partial charge in [0, 0.05) is 31.0 Å². The summed E-state index contributed by atoms with van der Waals surface area (Å²) < 4.78 is 0. The van der Waals surface area contributed by atoms with E-state index in [1.54, 1.807) is 6.07 Å². The number of amides is 2. The maximum absolute atomic E-state index is 12.1. The van der Waals surface area contributed by atoms with Crippen molar-refractivity contribution in [3.05, 3.63) is 54.6 Å². The predicted octanol–water partition coefficient (Wildman–Crippen LogP) is 2.60. The van der Waals surface area contributed by atoms with Gasteiger partial charge >= 0.3 is 0 Å². The average Bonchev–Trinajstić information content (AvgIpc) is 3.12. The molecule has 0 unspecified atom stereocenters. The molecular formula is C19H19N5O2. The van der Waals surface area contributed by atoms with E-state index in [-0.39, 0.29) is 18.2 Å². The van der Waals surface area contributed by atoms with Crippen LogP contribution in [0, 0.1) is 0 Å². The SMILES string of the molecule is CC(=O)NCCC(=O)Nc1ccccc1-c1nc(-c2ccccc2)n[nH]1. The number of aromatic nitrogens is 3. The number of hydrogen-bond acceptors (Lipinski definition) is 4. The highest BCUT2D eigenvalue weighted by Crippen LogP contribution is 2.26. The van der Waals surface area contributed by atoms with Crippen LogP contribution in [-0.2, 0) is 9.59 Å². The molecule has 0 saturated carbocycles. The molecule has 2 aromatic carbocycles. The summed E-state index contributed by atoms with van der Waals surface area (Å²) in [5.74, 6) is 0.816. The summed E-state index contributed by atoms with van der Waals surface area (Å²) in [7, 11) is 0. The predicted molar refractivity (Wildman–Crippen MR) is 99.2 cm³/mol. The van der Waals surface area contributed by atoms with Crippen LogP contribution in [0.25, 0.3) is 22.8 Å². The van der Waals surface area contributed by atoms with Crippen LogP contribution in [-0.4, -0.2) is 33.5 Å². The van der Waals surface area contributed by atoms with Crippen LogP contribution in [0.4, 0.5) is 5.69 Å². The Morgan fingerprint density at radius 2 is 1.77 bits per heavy atom. The van der Waals surface area contributed by atoms with E-state index >= 15 is 0 Å². The van der Waals surface area contributed by atoms with Crippen LogP contribution >= 0.6 is 0 Å². The number of H-pyrrole nitrogens is 1. The van der Waals surface area contributed by atoms with Gasteiger partial charge in [-0.3, -0.25) is 14.7 Å². The van der Waals surface area contributed by atoms with E-state index in [1.807, 2.05) is 48.5 Å². The molecule has 1 aromatic heterocycles. The molecule has 3 aromatic rings. The van der Waals surface area contributed by atoms with Crippen molar-refractivity contribution in [2.45, 2.75) is 13.3 Å². The van der Waals surface area contributed by atoms with E-state index in [9.17, 15) is 9.59 Å². The van der Waals surface area contributed by atoms with Gasteiger partial charge in [-0.1, -0.05) is 42.5 Å². The van der Waals surface area contributed by atoms with Gasteiger partial charge in [0.05, 0.1) is 5.69 Å². The third kappa shape index (κ3) is 4.32. The van der Waals surface area contributed by atoms with E-state index in [1.165, 1.54) is 6.92 Å². The molecule has 0 spiro atoms. The number of carbonyl (C=O) groups is 2. The fourth-order valence-corrected chi connectivity index (χ4v) is 2.46. The molecular weight excluding hydrogens is 330 g/mol. The van der Waals surface area contributed by atoms with Gasteiger partial charge in [-0.2, -0.15) is 5.10 Å². The van der Waals surface area contributed by atoms with E-state index < -0.39 is 0 Å². The van der Waals surface area contributed by atoms with Crippen LogP contribution in [0.15, 0.2) is 54.6 Å². The van der Waals surface area contributed by atoms with Gasteiger partial charge in [0.15, 0.2) is 11.6 Å². The fourth-order valence-electron chi connectivity index (χ4n) is 2.46.